The monoisotopic (exact) mass is 260 g/mol. The van der Waals surface area contributed by atoms with Crippen LogP contribution in [-0.4, -0.2) is 18.5 Å². The van der Waals surface area contributed by atoms with E-state index in [0.717, 1.165) is 13.0 Å². The molecule has 3 nitrogen and oxygen atoms in total. The van der Waals surface area contributed by atoms with Crippen LogP contribution in [0.25, 0.3) is 0 Å². The largest absolute Gasteiger partial charge is 0.354 e. The van der Waals surface area contributed by atoms with E-state index >= 15 is 0 Å². The Kier molecular flexibility index (Phi) is 4.25. The van der Waals surface area contributed by atoms with Gasteiger partial charge in [0.15, 0.2) is 0 Å². The second-order valence-corrected chi connectivity index (χ2v) is 6.27. The number of hydrogen-bond donors (Lipinski definition) is 2. The van der Waals surface area contributed by atoms with Gasteiger partial charge in [0.2, 0.25) is 5.91 Å². The molecule has 0 saturated heterocycles. The van der Waals surface area contributed by atoms with Crippen molar-refractivity contribution in [3.63, 3.8) is 0 Å². The highest BCUT2D eigenvalue weighted by Gasteiger charge is 2.45. The van der Waals surface area contributed by atoms with Crippen LogP contribution in [0.5, 0.6) is 0 Å². The Morgan fingerprint density at radius 1 is 1.42 bits per heavy atom. The van der Waals surface area contributed by atoms with E-state index in [1.807, 2.05) is 18.2 Å². The summed E-state index contributed by atoms with van der Waals surface area (Å²) in [5.41, 5.74) is 7.56. The van der Waals surface area contributed by atoms with Gasteiger partial charge >= 0.3 is 0 Å². The molecule has 1 unspecified atom stereocenters. The normalized spacial score (nSPS) is 21.7. The first-order valence-corrected chi connectivity index (χ1v) is 7.06. The van der Waals surface area contributed by atoms with E-state index in [4.69, 9.17) is 5.73 Å². The lowest BCUT2D eigenvalue weighted by molar-refractivity contribution is -0.122. The number of aryl methyl sites for hydroxylation is 1. The molecule has 3 N–H and O–H groups in total. The van der Waals surface area contributed by atoms with Gasteiger partial charge in [0.25, 0.3) is 0 Å². The minimum atomic E-state index is -0.401. The lowest BCUT2D eigenvalue weighted by Gasteiger charge is -2.12. The Bertz CT molecular complexity index is 428. The third-order valence-electron chi connectivity index (χ3n) is 4.16. The third-order valence-corrected chi connectivity index (χ3v) is 4.16. The average Bonchev–Trinajstić information content (AvgIpc) is 3.02. The van der Waals surface area contributed by atoms with Crippen LogP contribution in [0.4, 0.5) is 0 Å². The van der Waals surface area contributed by atoms with E-state index in [2.05, 4.69) is 31.3 Å². The van der Waals surface area contributed by atoms with Crippen LogP contribution in [0.3, 0.4) is 0 Å². The zero-order chi connectivity index (χ0) is 13.9. The van der Waals surface area contributed by atoms with Crippen LogP contribution in [0.1, 0.15) is 32.3 Å². The van der Waals surface area contributed by atoms with Gasteiger partial charge in [0.1, 0.15) is 0 Å². The van der Waals surface area contributed by atoms with E-state index in [9.17, 15) is 4.79 Å². The quantitative estimate of drug-likeness (QED) is 0.823. The number of nitrogens with one attached hydrogen (secondary N) is 1. The number of amides is 1. The van der Waals surface area contributed by atoms with E-state index in [1.54, 1.807) is 0 Å². The first kappa shape index (κ1) is 14.1. The van der Waals surface area contributed by atoms with Gasteiger partial charge in [-0.2, -0.15) is 0 Å². The molecule has 104 valence electrons. The summed E-state index contributed by atoms with van der Waals surface area (Å²) < 4.78 is 0. The molecule has 1 amide bonds. The fourth-order valence-corrected chi connectivity index (χ4v) is 2.38. The highest BCUT2D eigenvalue weighted by Crippen LogP contribution is 2.50. The Balaban J connectivity index is 1.68. The van der Waals surface area contributed by atoms with Crippen molar-refractivity contribution in [3.05, 3.63) is 35.9 Å². The van der Waals surface area contributed by atoms with Crippen LogP contribution in [0.15, 0.2) is 30.3 Å². The van der Waals surface area contributed by atoms with Crippen molar-refractivity contribution in [3.8, 4) is 0 Å². The van der Waals surface area contributed by atoms with E-state index in [1.165, 1.54) is 12.0 Å². The summed E-state index contributed by atoms with van der Waals surface area (Å²) in [5.74, 6) is 0.608. The molecular weight excluding hydrogens is 236 g/mol. The van der Waals surface area contributed by atoms with Gasteiger partial charge in [-0.3, -0.25) is 4.79 Å². The summed E-state index contributed by atoms with van der Waals surface area (Å²) in [4.78, 5) is 11.9. The van der Waals surface area contributed by atoms with Gasteiger partial charge in [-0.1, -0.05) is 44.2 Å². The van der Waals surface area contributed by atoms with E-state index < -0.39 is 6.04 Å². The lowest BCUT2D eigenvalue weighted by Crippen LogP contribution is -2.41. The van der Waals surface area contributed by atoms with Gasteiger partial charge in [0, 0.05) is 6.54 Å². The molecule has 1 aromatic rings. The first-order valence-electron chi connectivity index (χ1n) is 7.06. The highest BCUT2D eigenvalue weighted by atomic mass is 16.2. The van der Waals surface area contributed by atoms with Crippen molar-refractivity contribution >= 4 is 5.91 Å². The molecule has 1 fully saturated rings. The van der Waals surface area contributed by atoms with Crippen LogP contribution in [0, 0.1) is 11.3 Å². The average molecular weight is 260 g/mol. The van der Waals surface area contributed by atoms with Gasteiger partial charge in [-0.15, -0.1) is 0 Å². The molecule has 0 aliphatic heterocycles. The van der Waals surface area contributed by atoms with Crippen LogP contribution < -0.4 is 11.1 Å². The van der Waals surface area contributed by atoms with Crippen molar-refractivity contribution in [2.75, 3.05) is 6.54 Å². The lowest BCUT2D eigenvalue weighted by atomic mass is 10.1. The Morgan fingerprint density at radius 2 is 2.05 bits per heavy atom. The summed E-state index contributed by atoms with van der Waals surface area (Å²) in [6.07, 6.45) is 2.75. The second kappa shape index (κ2) is 5.74. The highest BCUT2D eigenvalue weighted by molar-refractivity contribution is 5.81. The molecule has 19 heavy (non-hydrogen) atoms. The maximum Gasteiger partial charge on any atom is 0.236 e. The molecule has 3 heteroatoms. The fraction of sp³-hybridized carbons (Fsp3) is 0.562. The van der Waals surface area contributed by atoms with Crippen molar-refractivity contribution < 1.29 is 4.79 Å². The van der Waals surface area contributed by atoms with E-state index in [-0.39, 0.29) is 5.91 Å². The molecule has 0 radical (unpaired) electrons. The summed E-state index contributed by atoms with van der Waals surface area (Å²) in [7, 11) is 0. The predicted molar refractivity (Wildman–Crippen MR) is 77.6 cm³/mol. The maximum absolute atomic E-state index is 11.9. The van der Waals surface area contributed by atoms with Gasteiger partial charge in [-0.25, -0.2) is 0 Å². The Hall–Kier alpha value is -1.35. The van der Waals surface area contributed by atoms with Crippen LogP contribution in [0.2, 0.25) is 0 Å². The molecule has 0 heterocycles. The van der Waals surface area contributed by atoms with Gasteiger partial charge < -0.3 is 11.1 Å². The van der Waals surface area contributed by atoms with Crippen LogP contribution >= 0.6 is 0 Å². The SMILES string of the molecule is CC1(C)CC1CNC(=O)[C@@H](N)CCc1ccccc1. The topological polar surface area (TPSA) is 55.1 Å². The Labute approximate surface area is 115 Å². The molecule has 1 aromatic carbocycles. The molecular formula is C16H24N2O. The number of benzene rings is 1. The number of hydrogen-bond acceptors (Lipinski definition) is 2. The fourth-order valence-electron chi connectivity index (χ4n) is 2.38. The molecule has 0 spiro atoms. The van der Waals surface area contributed by atoms with Gasteiger partial charge in [-0.05, 0) is 36.2 Å². The second-order valence-electron chi connectivity index (χ2n) is 6.27. The van der Waals surface area contributed by atoms with Crippen LogP contribution in [-0.2, 0) is 11.2 Å². The molecule has 2 rings (SSSR count). The maximum atomic E-state index is 11.9. The van der Waals surface area contributed by atoms with E-state index in [0.29, 0.717) is 17.8 Å². The molecule has 0 bridgehead atoms. The zero-order valence-corrected chi connectivity index (χ0v) is 11.9. The summed E-state index contributed by atoms with van der Waals surface area (Å²) in [6, 6.07) is 9.75. The third kappa shape index (κ3) is 4.06. The molecule has 2 atom stereocenters. The molecule has 1 aliphatic rings. The Morgan fingerprint density at radius 3 is 2.63 bits per heavy atom. The minimum absolute atomic E-state index is 0.0152. The summed E-state index contributed by atoms with van der Waals surface area (Å²) in [6.45, 7) is 5.24. The predicted octanol–water partition coefficient (Wildman–Crippen LogP) is 2.11. The zero-order valence-electron chi connectivity index (χ0n) is 11.9. The van der Waals surface area contributed by atoms with Crippen molar-refractivity contribution in [1.82, 2.24) is 5.32 Å². The number of rotatable bonds is 6. The smallest absolute Gasteiger partial charge is 0.236 e. The molecule has 1 saturated carbocycles. The van der Waals surface area contributed by atoms with Crippen molar-refractivity contribution in [1.29, 1.82) is 0 Å². The standard InChI is InChI=1S/C16H24N2O/c1-16(2)10-13(16)11-18-15(19)14(17)9-8-12-6-4-3-5-7-12/h3-7,13-14H,8-11,17H2,1-2H3,(H,18,19)/t13?,14-/m0/s1. The van der Waals surface area contributed by atoms with Crippen molar-refractivity contribution in [2.45, 2.75) is 39.2 Å². The van der Waals surface area contributed by atoms with Crippen molar-refractivity contribution in [2.24, 2.45) is 17.1 Å². The number of carbonyl (C=O) groups excluding carboxylic acids is 1. The summed E-state index contributed by atoms with van der Waals surface area (Å²) in [5, 5.41) is 2.97. The minimum Gasteiger partial charge on any atom is -0.354 e. The summed E-state index contributed by atoms with van der Waals surface area (Å²) >= 11 is 0. The number of carbonyl (C=O) groups is 1. The number of nitrogens with two attached hydrogens (primary N) is 1. The molecule has 0 aromatic heterocycles. The van der Waals surface area contributed by atoms with Gasteiger partial charge in [0.05, 0.1) is 6.04 Å². The first-order chi connectivity index (χ1) is 8.99. The molecule has 1 aliphatic carbocycles.